The molecule has 0 fully saturated rings. The number of hydrogen-bond acceptors (Lipinski definition) is 5. The second kappa shape index (κ2) is 6.31. The van der Waals surface area contributed by atoms with E-state index in [2.05, 4.69) is 0 Å². The van der Waals surface area contributed by atoms with E-state index in [1.54, 1.807) is 48.4 Å². The van der Waals surface area contributed by atoms with Crippen LogP contribution in [-0.2, 0) is 4.74 Å². The lowest BCUT2D eigenvalue weighted by Gasteiger charge is -2.24. The molecule has 1 aliphatic rings. The van der Waals surface area contributed by atoms with E-state index in [1.807, 2.05) is 0 Å². The molecule has 2 aromatic carbocycles. The van der Waals surface area contributed by atoms with Crippen molar-refractivity contribution in [2.24, 2.45) is 0 Å². The normalized spacial score (nSPS) is 16.3. The molecule has 26 heavy (non-hydrogen) atoms. The van der Waals surface area contributed by atoms with Gasteiger partial charge in [-0.2, -0.15) is 0 Å². The van der Waals surface area contributed by atoms with Gasteiger partial charge in [0.1, 0.15) is 11.3 Å². The van der Waals surface area contributed by atoms with Crippen molar-refractivity contribution in [3.63, 3.8) is 0 Å². The number of phenolic OH excluding ortho intramolecular Hbond substituents is 1. The molecule has 0 radical (unpaired) electrons. The van der Waals surface area contributed by atoms with Gasteiger partial charge < -0.3 is 19.2 Å². The van der Waals surface area contributed by atoms with Crippen molar-refractivity contribution in [3.8, 4) is 5.75 Å². The number of para-hydroxylation sites is 1. The molecule has 0 saturated carbocycles. The fourth-order valence-electron chi connectivity index (χ4n) is 3.39. The van der Waals surface area contributed by atoms with E-state index in [0.717, 1.165) is 5.56 Å². The Hall–Kier alpha value is -3.12. The fourth-order valence-corrected chi connectivity index (χ4v) is 3.39. The summed E-state index contributed by atoms with van der Waals surface area (Å²) in [6, 6.07) is 12.8. The number of hydrogen-bond donors (Lipinski definition) is 1. The third-order valence-electron chi connectivity index (χ3n) is 4.62. The lowest BCUT2D eigenvalue weighted by molar-refractivity contribution is 0.0663. The third kappa shape index (κ3) is 2.46. The van der Waals surface area contributed by atoms with Crippen LogP contribution >= 0.6 is 0 Å². The average Bonchev–Trinajstić information content (AvgIpc) is 2.93. The predicted molar refractivity (Wildman–Crippen MR) is 95.3 cm³/mol. The maximum atomic E-state index is 13.1. The summed E-state index contributed by atoms with van der Waals surface area (Å²) < 4.78 is 10.9. The number of carbonyl (C=O) groups is 1. The summed E-state index contributed by atoms with van der Waals surface area (Å²) in [4.78, 5) is 27.6. The molecule has 0 bridgehead atoms. The van der Waals surface area contributed by atoms with Crippen molar-refractivity contribution >= 4 is 16.9 Å². The van der Waals surface area contributed by atoms with E-state index in [9.17, 15) is 14.7 Å². The number of fused-ring (bicyclic) bond motifs is 2. The molecule has 2 heterocycles. The highest BCUT2D eigenvalue weighted by Crippen LogP contribution is 2.38. The molecule has 6 heteroatoms. The van der Waals surface area contributed by atoms with Gasteiger partial charge >= 0.3 is 0 Å². The quantitative estimate of drug-likeness (QED) is 0.782. The van der Waals surface area contributed by atoms with Crippen LogP contribution < -0.4 is 5.43 Å². The van der Waals surface area contributed by atoms with Gasteiger partial charge in [-0.15, -0.1) is 0 Å². The topological polar surface area (TPSA) is 80.0 Å². The van der Waals surface area contributed by atoms with Crippen LogP contribution in [0.1, 0.15) is 27.7 Å². The van der Waals surface area contributed by atoms with Crippen molar-refractivity contribution < 1.29 is 19.1 Å². The molecule has 0 spiro atoms. The zero-order chi connectivity index (χ0) is 18.3. The first-order valence-electron chi connectivity index (χ1n) is 8.26. The largest absolute Gasteiger partial charge is 0.508 e. The Balaban J connectivity index is 1.96. The van der Waals surface area contributed by atoms with Crippen LogP contribution in [0.5, 0.6) is 5.75 Å². The Kier molecular flexibility index (Phi) is 3.97. The molecule has 1 N–H and O–H groups in total. The second-order valence-electron chi connectivity index (χ2n) is 6.16. The molecule has 0 saturated heterocycles. The Morgan fingerprint density at radius 3 is 2.58 bits per heavy atom. The highest BCUT2D eigenvalue weighted by atomic mass is 16.5. The zero-order valence-corrected chi connectivity index (χ0v) is 14.1. The second-order valence-corrected chi connectivity index (χ2v) is 6.16. The van der Waals surface area contributed by atoms with Crippen LogP contribution in [0.3, 0.4) is 0 Å². The summed E-state index contributed by atoms with van der Waals surface area (Å²) in [5.74, 6) is -0.145. The van der Waals surface area contributed by atoms with Crippen LogP contribution in [0.2, 0.25) is 0 Å². The highest BCUT2D eigenvalue weighted by Gasteiger charge is 2.42. The van der Waals surface area contributed by atoms with Gasteiger partial charge in [0.15, 0.2) is 5.43 Å². The maximum absolute atomic E-state index is 13.1. The monoisotopic (exact) mass is 351 g/mol. The van der Waals surface area contributed by atoms with Gasteiger partial charge in [0.2, 0.25) is 5.76 Å². The first-order chi connectivity index (χ1) is 12.6. The van der Waals surface area contributed by atoms with Crippen LogP contribution in [0.4, 0.5) is 0 Å². The van der Waals surface area contributed by atoms with Gasteiger partial charge in [-0.05, 0) is 29.8 Å². The van der Waals surface area contributed by atoms with E-state index in [4.69, 9.17) is 9.15 Å². The van der Waals surface area contributed by atoms with E-state index in [0.29, 0.717) is 29.7 Å². The summed E-state index contributed by atoms with van der Waals surface area (Å²) in [7, 11) is 1.56. The first kappa shape index (κ1) is 16.4. The summed E-state index contributed by atoms with van der Waals surface area (Å²) >= 11 is 0. The average molecular weight is 351 g/mol. The number of benzene rings is 2. The van der Waals surface area contributed by atoms with E-state index < -0.39 is 6.04 Å². The lowest BCUT2D eigenvalue weighted by atomic mass is 9.98. The number of aromatic hydroxyl groups is 1. The van der Waals surface area contributed by atoms with Crippen LogP contribution in [0.15, 0.2) is 57.7 Å². The summed E-state index contributed by atoms with van der Waals surface area (Å²) in [5, 5.41) is 10.0. The molecule has 1 amide bonds. The van der Waals surface area contributed by atoms with Crippen LogP contribution in [0.25, 0.3) is 11.0 Å². The Labute approximate surface area is 149 Å². The van der Waals surface area contributed by atoms with Gasteiger partial charge in [0, 0.05) is 13.7 Å². The predicted octanol–water partition coefficient (Wildman–Crippen LogP) is 2.69. The molecule has 6 nitrogen and oxygen atoms in total. The lowest BCUT2D eigenvalue weighted by Crippen LogP contribution is -2.32. The molecular formula is C20H17NO5. The van der Waals surface area contributed by atoms with Crippen molar-refractivity contribution in [3.05, 3.63) is 75.6 Å². The number of nitrogens with zero attached hydrogens (tertiary/aromatic N) is 1. The highest BCUT2D eigenvalue weighted by molar-refractivity contribution is 5.99. The summed E-state index contributed by atoms with van der Waals surface area (Å²) in [5.41, 5.74) is 1.24. The summed E-state index contributed by atoms with van der Waals surface area (Å²) in [6.07, 6.45) is 0. The van der Waals surface area contributed by atoms with Crippen molar-refractivity contribution in [2.45, 2.75) is 6.04 Å². The number of amides is 1. The molecule has 1 aromatic heterocycles. The third-order valence-corrected chi connectivity index (χ3v) is 4.62. The number of ether oxygens (including phenoxy) is 1. The number of phenols is 1. The van der Waals surface area contributed by atoms with Crippen molar-refractivity contribution in [1.29, 1.82) is 0 Å². The maximum Gasteiger partial charge on any atom is 0.290 e. The van der Waals surface area contributed by atoms with Gasteiger partial charge in [0.05, 0.1) is 23.6 Å². The number of carbonyl (C=O) groups excluding carboxylic acids is 1. The molecular weight excluding hydrogens is 334 g/mol. The Bertz CT molecular complexity index is 1040. The molecule has 1 atom stereocenters. The van der Waals surface area contributed by atoms with Gasteiger partial charge in [-0.25, -0.2) is 0 Å². The minimum absolute atomic E-state index is 0.0721. The van der Waals surface area contributed by atoms with Crippen molar-refractivity contribution in [2.75, 3.05) is 20.3 Å². The molecule has 4 rings (SSSR count). The Morgan fingerprint density at radius 2 is 1.85 bits per heavy atom. The van der Waals surface area contributed by atoms with Gasteiger partial charge in [0.25, 0.3) is 5.91 Å². The number of rotatable bonds is 4. The van der Waals surface area contributed by atoms with Crippen LogP contribution in [-0.4, -0.2) is 36.2 Å². The first-order valence-corrected chi connectivity index (χ1v) is 8.26. The van der Waals surface area contributed by atoms with Crippen LogP contribution in [0, 0.1) is 0 Å². The van der Waals surface area contributed by atoms with Gasteiger partial charge in [-0.1, -0.05) is 24.3 Å². The molecule has 3 aromatic rings. The summed E-state index contributed by atoms with van der Waals surface area (Å²) in [6.45, 7) is 0.656. The molecule has 0 aliphatic carbocycles. The van der Waals surface area contributed by atoms with Gasteiger partial charge in [-0.3, -0.25) is 9.59 Å². The smallest absolute Gasteiger partial charge is 0.290 e. The van der Waals surface area contributed by atoms with E-state index in [1.165, 1.54) is 12.1 Å². The minimum Gasteiger partial charge on any atom is -0.508 e. The van der Waals surface area contributed by atoms with Crippen molar-refractivity contribution in [1.82, 2.24) is 4.90 Å². The standard InChI is InChI=1S/C20H17NO5/c1-25-11-10-21-17(12-6-8-13(22)9-7-12)16-18(23)14-4-2-3-5-15(14)26-19(16)20(21)24/h2-9,17,22H,10-11H2,1H3. The minimum atomic E-state index is -0.575. The number of methoxy groups -OCH3 is 1. The fraction of sp³-hybridized carbons (Fsp3) is 0.200. The molecule has 1 aliphatic heterocycles. The molecule has 132 valence electrons. The Morgan fingerprint density at radius 1 is 1.12 bits per heavy atom. The van der Waals surface area contributed by atoms with E-state index >= 15 is 0 Å². The SMILES string of the molecule is COCCN1C(=O)c2oc3ccccc3c(=O)c2C1c1ccc(O)cc1. The zero-order valence-electron chi connectivity index (χ0n) is 14.1. The molecule has 1 unspecified atom stereocenters. The van der Waals surface area contributed by atoms with E-state index in [-0.39, 0.29) is 22.8 Å².